The quantitative estimate of drug-likeness (QED) is 0.276. The molecule has 16 nitrogen and oxygen atoms in total. The maximum atomic E-state index is 15.4. The summed E-state index contributed by atoms with van der Waals surface area (Å²) in [6.07, 6.45) is 3.95. The number of carbonyl (C=O) groups excluding carboxylic acids is 2. The third-order valence-corrected chi connectivity index (χ3v) is 12.6. The molecule has 1 saturated carbocycles. The predicted octanol–water partition coefficient (Wildman–Crippen LogP) is 3.55. The summed E-state index contributed by atoms with van der Waals surface area (Å²) in [6, 6.07) is 6.75. The van der Waals surface area contributed by atoms with Crippen molar-refractivity contribution in [3.05, 3.63) is 72.1 Å². The van der Waals surface area contributed by atoms with Crippen molar-refractivity contribution >= 4 is 45.6 Å². The van der Waals surface area contributed by atoms with Crippen LogP contribution in [0.4, 0.5) is 24.9 Å². The van der Waals surface area contributed by atoms with E-state index in [1.165, 1.54) is 40.2 Å². The first-order valence-corrected chi connectivity index (χ1v) is 20.0. The fraction of sp³-hybridized carbons (Fsp3) is 0.415. The van der Waals surface area contributed by atoms with Gasteiger partial charge in [0.25, 0.3) is 0 Å². The number of nitrogens with zero attached hydrogens (tertiary/aromatic N) is 12. The molecule has 5 aliphatic heterocycles. The highest BCUT2D eigenvalue weighted by Gasteiger charge is 2.62. The van der Waals surface area contributed by atoms with E-state index < -0.39 is 41.2 Å². The average Bonchev–Trinajstić information content (AvgIpc) is 3.72. The summed E-state index contributed by atoms with van der Waals surface area (Å²) < 4.78 is 54.1. The molecule has 6 bridgehead atoms. The molecule has 0 spiro atoms. The van der Waals surface area contributed by atoms with Crippen molar-refractivity contribution < 1.29 is 32.6 Å². The Morgan fingerprint density at radius 1 is 0.917 bits per heavy atom. The Morgan fingerprint density at radius 2 is 1.75 bits per heavy atom. The Labute approximate surface area is 340 Å². The molecular formula is C41H39F3N12O4. The van der Waals surface area contributed by atoms with Gasteiger partial charge in [0.1, 0.15) is 46.6 Å². The molecule has 19 heteroatoms. The first-order valence-electron chi connectivity index (χ1n) is 20.0. The zero-order valence-corrected chi connectivity index (χ0v) is 32.8. The van der Waals surface area contributed by atoms with Crippen molar-refractivity contribution in [2.75, 3.05) is 36.5 Å². The van der Waals surface area contributed by atoms with E-state index >= 15 is 8.78 Å². The second-order valence-corrected chi connectivity index (χ2v) is 16.8. The smallest absolute Gasteiger partial charge is 0.317 e. The van der Waals surface area contributed by atoms with Crippen LogP contribution in [0.3, 0.4) is 0 Å². The van der Waals surface area contributed by atoms with Crippen LogP contribution in [0.1, 0.15) is 38.4 Å². The van der Waals surface area contributed by atoms with Gasteiger partial charge in [0, 0.05) is 62.9 Å². The van der Waals surface area contributed by atoms with Crippen molar-refractivity contribution in [3.8, 4) is 23.0 Å². The number of rotatable bonds is 4. The Hall–Kier alpha value is -6.37. The third-order valence-electron chi connectivity index (χ3n) is 12.6. The number of likely N-dealkylation sites (N-methyl/N-ethyl adjacent to an activating group) is 1. The number of aliphatic hydroxyl groups excluding tert-OH is 1. The highest BCUT2D eigenvalue weighted by molar-refractivity contribution is 5.97. The molecule has 6 aliphatic rings. The molecule has 4 aromatic heterocycles. The molecule has 60 heavy (non-hydrogen) atoms. The van der Waals surface area contributed by atoms with E-state index in [1.54, 1.807) is 29.5 Å². The number of halogens is 3. The number of ether oxygens (including phenoxy) is 1. The molecular weight excluding hydrogens is 782 g/mol. The fourth-order valence-electron chi connectivity index (χ4n) is 9.76. The lowest BCUT2D eigenvalue weighted by Gasteiger charge is -2.62. The summed E-state index contributed by atoms with van der Waals surface area (Å²) in [6.45, 7) is 4.24. The number of aliphatic hydroxyl groups is 1. The van der Waals surface area contributed by atoms with Crippen LogP contribution in [0.2, 0.25) is 0 Å². The minimum Gasteiger partial charge on any atom is -0.458 e. The molecule has 5 fully saturated rings. The number of anilines is 2. The standard InChI is InChI=1S/C41H39F3N12O4/c1-20-47-31-12-22(43)10-27-30-8-9-45-40(48-30)60-26-13-33(37(58)51(3)17-25(57)18-52(20)34(27)31)54(19-26)35-28-15-46-56(32-7-4-21(42)11-29(32)44)36(28)50-39(49-35)55-24-14-41(55,2)38(59)53(16-24)23-5-6-23/h4,7-12,15,23-26,33,57H,5-6,13-14,16-19H2,1-3H3/t24?,25-,26-,33-,41?/m0/s1. The molecule has 1 aliphatic carbocycles. The van der Waals surface area contributed by atoms with Crippen molar-refractivity contribution in [3.63, 3.8) is 0 Å². The number of piperidine rings is 1. The number of benzene rings is 2. The second-order valence-electron chi connectivity index (χ2n) is 16.8. The van der Waals surface area contributed by atoms with Gasteiger partial charge in [-0.2, -0.15) is 20.1 Å². The summed E-state index contributed by atoms with van der Waals surface area (Å²) in [5, 5.41) is 16.4. The Kier molecular flexibility index (Phi) is 7.99. The van der Waals surface area contributed by atoms with Gasteiger partial charge in [-0.15, -0.1) is 0 Å². The van der Waals surface area contributed by atoms with E-state index in [2.05, 4.69) is 15.1 Å². The van der Waals surface area contributed by atoms with Gasteiger partial charge < -0.3 is 34.0 Å². The maximum absolute atomic E-state index is 15.4. The molecule has 2 unspecified atom stereocenters. The van der Waals surface area contributed by atoms with Crippen LogP contribution in [-0.2, 0) is 16.1 Å². The third kappa shape index (κ3) is 5.61. The lowest BCUT2D eigenvalue weighted by Crippen LogP contribution is -2.79. The molecule has 9 heterocycles. The first-order chi connectivity index (χ1) is 28.8. The van der Waals surface area contributed by atoms with Gasteiger partial charge in [0.15, 0.2) is 11.5 Å². The summed E-state index contributed by atoms with van der Waals surface area (Å²) in [5.74, 6) is -1.44. The predicted molar refractivity (Wildman–Crippen MR) is 210 cm³/mol. The van der Waals surface area contributed by atoms with E-state index in [0.29, 0.717) is 52.3 Å². The number of imidazole rings is 1. The highest BCUT2D eigenvalue weighted by atomic mass is 19.1. The first kappa shape index (κ1) is 36.7. The molecule has 5 atom stereocenters. The van der Waals surface area contributed by atoms with Crippen LogP contribution >= 0.6 is 0 Å². The number of piperazine rings is 1. The van der Waals surface area contributed by atoms with E-state index in [4.69, 9.17) is 19.7 Å². The van der Waals surface area contributed by atoms with Crippen molar-refractivity contribution in [1.82, 2.24) is 49.1 Å². The minimum absolute atomic E-state index is 0.00203. The minimum atomic E-state index is -1.05. The Bertz CT molecular complexity index is 2790. The summed E-state index contributed by atoms with van der Waals surface area (Å²) >= 11 is 0. The largest absolute Gasteiger partial charge is 0.458 e. The lowest BCUT2D eigenvalue weighted by atomic mass is 9.75. The van der Waals surface area contributed by atoms with Crippen LogP contribution in [-0.4, -0.2) is 129 Å². The molecule has 0 radical (unpaired) electrons. The molecule has 2 amide bonds. The molecule has 12 rings (SSSR count). The number of fused-ring (bicyclic) bond motifs is 8. The zero-order chi connectivity index (χ0) is 41.4. The van der Waals surface area contributed by atoms with Crippen LogP contribution in [0.5, 0.6) is 6.01 Å². The number of hydrogen-bond donors (Lipinski definition) is 1. The molecule has 6 aromatic rings. The molecule has 2 aromatic carbocycles. The lowest BCUT2D eigenvalue weighted by molar-refractivity contribution is -0.147. The van der Waals surface area contributed by atoms with Gasteiger partial charge in [0.2, 0.25) is 17.8 Å². The van der Waals surface area contributed by atoms with Gasteiger partial charge >= 0.3 is 6.01 Å². The topological polar surface area (TPSA) is 164 Å². The van der Waals surface area contributed by atoms with Gasteiger partial charge in [-0.05, 0) is 51.0 Å². The van der Waals surface area contributed by atoms with Crippen LogP contribution in [0, 0.1) is 24.4 Å². The Morgan fingerprint density at radius 3 is 2.55 bits per heavy atom. The molecule has 308 valence electrons. The number of hydrogen-bond acceptors (Lipinski definition) is 12. The van der Waals surface area contributed by atoms with Crippen molar-refractivity contribution in [2.24, 2.45) is 0 Å². The Balaban J connectivity index is 1.04. The number of aryl methyl sites for hydroxylation is 1. The normalized spacial score (nSPS) is 25.4. The number of aromatic nitrogens is 8. The SMILES string of the molecule is Cc1nc2cc(F)cc3c2n1C[C@@H](O)CN(C)C(=O)[C@@H]1C[C@@H](CN1c1nc(N2C4CN(C5CC5)C(=O)C2(C)C4)nc2c1cnn2-c1ccc(F)cc1F)Oc1nccc-3n1. The summed E-state index contributed by atoms with van der Waals surface area (Å²) in [5.41, 5.74) is 0.971. The van der Waals surface area contributed by atoms with Crippen molar-refractivity contribution in [2.45, 2.75) is 81.9 Å². The van der Waals surface area contributed by atoms with Gasteiger partial charge in [-0.25, -0.2) is 27.8 Å². The number of β-amino-alcohol motifs (C(OH)–C–C–N with tert-alkyl or cyclic N) is 1. The molecule has 4 saturated heterocycles. The van der Waals surface area contributed by atoms with Crippen LogP contribution < -0.4 is 14.5 Å². The second kappa shape index (κ2) is 13.1. The van der Waals surface area contributed by atoms with Crippen LogP contribution in [0.25, 0.3) is 39.0 Å². The zero-order valence-electron chi connectivity index (χ0n) is 32.8. The van der Waals surface area contributed by atoms with Gasteiger partial charge in [-0.1, -0.05) is 0 Å². The van der Waals surface area contributed by atoms with E-state index in [9.17, 15) is 19.1 Å². The van der Waals surface area contributed by atoms with E-state index in [1.807, 2.05) is 16.7 Å². The number of carbonyl (C=O) groups is 2. The highest BCUT2D eigenvalue weighted by Crippen LogP contribution is 2.48. The van der Waals surface area contributed by atoms with E-state index in [-0.39, 0.29) is 73.2 Å². The van der Waals surface area contributed by atoms with Crippen molar-refractivity contribution in [1.29, 1.82) is 0 Å². The maximum Gasteiger partial charge on any atom is 0.317 e. The van der Waals surface area contributed by atoms with Gasteiger partial charge in [0.05, 0.1) is 53.5 Å². The van der Waals surface area contributed by atoms with Crippen LogP contribution in [0.15, 0.2) is 48.8 Å². The monoisotopic (exact) mass is 820 g/mol. The van der Waals surface area contributed by atoms with E-state index in [0.717, 1.165) is 25.0 Å². The van der Waals surface area contributed by atoms with Gasteiger partial charge in [-0.3, -0.25) is 9.59 Å². The average molecular weight is 821 g/mol. The molecule has 1 N–H and O–H groups in total. The fourth-order valence-corrected chi connectivity index (χ4v) is 9.76. The summed E-state index contributed by atoms with van der Waals surface area (Å²) in [4.78, 5) is 59.5. The number of amides is 2. The summed E-state index contributed by atoms with van der Waals surface area (Å²) in [7, 11) is 1.61.